The van der Waals surface area contributed by atoms with E-state index in [1.807, 2.05) is 6.92 Å². The van der Waals surface area contributed by atoms with E-state index in [9.17, 15) is 4.39 Å². The summed E-state index contributed by atoms with van der Waals surface area (Å²) in [5.41, 5.74) is 0.938. The van der Waals surface area contributed by atoms with Gasteiger partial charge in [-0.25, -0.2) is 4.39 Å². The highest BCUT2D eigenvalue weighted by Crippen LogP contribution is 1.87. The van der Waals surface area contributed by atoms with E-state index in [0.29, 0.717) is 0 Å². The Morgan fingerprint density at radius 3 is 2.67 bits per heavy atom. The van der Waals surface area contributed by atoms with Gasteiger partial charge in [-0.3, -0.25) is 4.99 Å². The van der Waals surface area contributed by atoms with Crippen LogP contribution in [0.2, 0.25) is 0 Å². The molecule has 0 heterocycles. The van der Waals surface area contributed by atoms with Gasteiger partial charge in [-0.1, -0.05) is 13.0 Å². The number of rotatable bonds is 3. The molecule has 0 radical (unpaired) electrons. The van der Waals surface area contributed by atoms with Crippen LogP contribution in [0.4, 0.5) is 4.39 Å². The van der Waals surface area contributed by atoms with E-state index in [0.717, 1.165) is 12.1 Å². The topological polar surface area (TPSA) is 12.4 Å². The molecular formula is C7H12FN. The molecule has 0 aliphatic heterocycles. The molecule has 0 saturated carbocycles. The zero-order valence-electron chi connectivity index (χ0n) is 5.89. The van der Waals surface area contributed by atoms with Crippen molar-refractivity contribution in [1.29, 1.82) is 0 Å². The molecule has 0 bridgehead atoms. The Balaban J connectivity index is 3.70. The zero-order chi connectivity index (χ0) is 7.11. The molecule has 0 fully saturated rings. The Labute approximate surface area is 55.3 Å². The number of alkyl halides is 1. The van der Waals surface area contributed by atoms with Crippen LogP contribution in [0.25, 0.3) is 0 Å². The number of halogens is 1. The molecule has 0 aromatic heterocycles. The van der Waals surface area contributed by atoms with Crippen molar-refractivity contribution in [3.63, 3.8) is 0 Å². The number of hydrogen-bond acceptors (Lipinski definition) is 1. The highest BCUT2D eigenvalue weighted by Gasteiger charge is 1.83. The molecule has 0 spiro atoms. The molecule has 0 atom stereocenters. The lowest BCUT2D eigenvalue weighted by molar-refractivity contribution is 0.562. The van der Waals surface area contributed by atoms with Gasteiger partial charge in [0.2, 0.25) is 0 Å². The molecule has 0 saturated heterocycles. The van der Waals surface area contributed by atoms with Gasteiger partial charge in [-0.05, 0) is 12.5 Å². The smallest absolute Gasteiger partial charge is 0.108 e. The Kier molecular flexibility index (Phi) is 5.07. The predicted octanol–water partition coefficient (Wildman–Crippen LogP) is 1.99. The largest absolute Gasteiger partial charge is 0.293 e. The highest BCUT2D eigenvalue weighted by molar-refractivity contribution is 5.94. The van der Waals surface area contributed by atoms with Crippen LogP contribution in [0.5, 0.6) is 0 Å². The first kappa shape index (κ1) is 8.34. The van der Waals surface area contributed by atoms with Crippen LogP contribution in [0, 0.1) is 0 Å². The van der Waals surface area contributed by atoms with Crippen LogP contribution in [-0.4, -0.2) is 19.4 Å². The molecule has 1 nitrogen and oxygen atoms in total. The molecule has 0 aromatic carbocycles. The van der Waals surface area contributed by atoms with Crippen molar-refractivity contribution in [2.24, 2.45) is 4.99 Å². The van der Waals surface area contributed by atoms with Gasteiger partial charge >= 0.3 is 0 Å². The number of aliphatic imine (C=N–C) groups is 1. The molecule has 9 heavy (non-hydrogen) atoms. The summed E-state index contributed by atoms with van der Waals surface area (Å²) in [5, 5.41) is 0. The van der Waals surface area contributed by atoms with Gasteiger partial charge in [-0.15, -0.1) is 0 Å². The fourth-order valence-electron chi connectivity index (χ4n) is 0.531. The number of nitrogens with zero attached hydrogens (tertiary/aromatic N) is 1. The van der Waals surface area contributed by atoms with Crippen LogP contribution in [0.15, 0.2) is 17.1 Å². The van der Waals surface area contributed by atoms with E-state index in [2.05, 4.69) is 4.99 Å². The summed E-state index contributed by atoms with van der Waals surface area (Å²) >= 11 is 0. The monoisotopic (exact) mass is 129 g/mol. The summed E-state index contributed by atoms with van der Waals surface area (Å²) < 4.78 is 11.5. The molecule has 0 rings (SSSR count). The van der Waals surface area contributed by atoms with Gasteiger partial charge in [0.05, 0.1) is 0 Å². The summed E-state index contributed by atoms with van der Waals surface area (Å²) in [5.74, 6) is 0. The second-order valence-electron chi connectivity index (χ2n) is 1.63. The third-order valence-corrected chi connectivity index (χ3v) is 1.05. The Hall–Kier alpha value is -0.660. The van der Waals surface area contributed by atoms with E-state index in [1.165, 1.54) is 6.08 Å². The maximum atomic E-state index is 11.5. The summed E-state index contributed by atoms with van der Waals surface area (Å²) in [6, 6.07) is 0. The highest BCUT2D eigenvalue weighted by atomic mass is 19.1. The van der Waals surface area contributed by atoms with E-state index in [1.54, 1.807) is 13.1 Å². The normalized spacial score (nSPS) is 13.0. The molecule has 52 valence electrons. The van der Waals surface area contributed by atoms with Gasteiger partial charge in [0.15, 0.2) is 0 Å². The van der Waals surface area contributed by atoms with Crippen LogP contribution in [-0.2, 0) is 0 Å². The molecular weight excluding hydrogens is 117 g/mol. The quantitative estimate of drug-likeness (QED) is 0.517. The van der Waals surface area contributed by atoms with E-state index < -0.39 is 6.67 Å². The molecule has 0 aliphatic carbocycles. The fourth-order valence-corrected chi connectivity index (χ4v) is 0.531. The molecule has 0 amide bonds. The average Bonchev–Trinajstić information content (AvgIpc) is 1.91. The summed E-state index contributed by atoms with van der Waals surface area (Å²) in [7, 11) is 1.71. The second-order valence-corrected chi connectivity index (χ2v) is 1.63. The first-order valence-corrected chi connectivity index (χ1v) is 3.03. The minimum absolute atomic E-state index is 0.404. The van der Waals surface area contributed by atoms with E-state index in [4.69, 9.17) is 0 Å². The maximum absolute atomic E-state index is 11.5. The molecule has 0 aliphatic rings. The average molecular weight is 129 g/mol. The Bertz CT molecular complexity index is 116. The van der Waals surface area contributed by atoms with Gasteiger partial charge in [0.1, 0.15) is 6.67 Å². The standard InChI is InChI=1S/C7H12FN/c1-3-7(9-2)5-4-6-8/h4-5H,3,6H2,1-2H3/b5-4-,9-7?. The SMILES string of the molecule is CCC(/C=C\CF)=NC. The van der Waals surface area contributed by atoms with Gasteiger partial charge in [-0.2, -0.15) is 0 Å². The van der Waals surface area contributed by atoms with E-state index >= 15 is 0 Å². The maximum Gasteiger partial charge on any atom is 0.108 e. The first-order chi connectivity index (χ1) is 4.35. The molecule has 0 aromatic rings. The van der Waals surface area contributed by atoms with Crippen molar-refractivity contribution in [3.8, 4) is 0 Å². The van der Waals surface area contributed by atoms with Gasteiger partial charge in [0, 0.05) is 12.8 Å². The predicted molar refractivity (Wildman–Crippen MR) is 38.8 cm³/mol. The van der Waals surface area contributed by atoms with Crippen molar-refractivity contribution in [2.45, 2.75) is 13.3 Å². The van der Waals surface area contributed by atoms with Crippen molar-refractivity contribution < 1.29 is 4.39 Å². The minimum atomic E-state index is -0.404. The lowest BCUT2D eigenvalue weighted by Crippen LogP contribution is -1.88. The van der Waals surface area contributed by atoms with Crippen LogP contribution in [0.3, 0.4) is 0 Å². The second kappa shape index (κ2) is 5.48. The first-order valence-electron chi connectivity index (χ1n) is 3.03. The van der Waals surface area contributed by atoms with Crippen molar-refractivity contribution in [2.75, 3.05) is 13.7 Å². The molecule has 0 unspecified atom stereocenters. The Morgan fingerprint density at radius 1 is 1.67 bits per heavy atom. The lowest BCUT2D eigenvalue weighted by atomic mass is 10.3. The Morgan fingerprint density at radius 2 is 2.33 bits per heavy atom. The van der Waals surface area contributed by atoms with Crippen LogP contribution < -0.4 is 0 Å². The zero-order valence-corrected chi connectivity index (χ0v) is 5.89. The van der Waals surface area contributed by atoms with Crippen LogP contribution >= 0.6 is 0 Å². The molecule has 0 N–H and O–H groups in total. The third-order valence-electron chi connectivity index (χ3n) is 1.05. The van der Waals surface area contributed by atoms with Crippen molar-refractivity contribution >= 4 is 5.71 Å². The molecule has 2 heteroatoms. The number of hydrogen-bond donors (Lipinski definition) is 0. The van der Waals surface area contributed by atoms with E-state index in [-0.39, 0.29) is 0 Å². The summed E-state index contributed by atoms with van der Waals surface area (Å²) in [6.45, 7) is 1.59. The van der Waals surface area contributed by atoms with Gasteiger partial charge in [0.25, 0.3) is 0 Å². The number of allylic oxidation sites excluding steroid dienone is 2. The lowest BCUT2D eigenvalue weighted by Gasteiger charge is -1.89. The van der Waals surface area contributed by atoms with Gasteiger partial charge < -0.3 is 0 Å². The third kappa shape index (κ3) is 3.88. The fraction of sp³-hybridized carbons (Fsp3) is 0.571. The summed E-state index contributed by atoms with van der Waals surface area (Å²) in [6.07, 6.45) is 4.04. The van der Waals surface area contributed by atoms with Crippen molar-refractivity contribution in [3.05, 3.63) is 12.2 Å². The van der Waals surface area contributed by atoms with Crippen molar-refractivity contribution in [1.82, 2.24) is 0 Å². The van der Waals surface area contributed by atoms with Crippen LogP contribution in [0.1, 0.15) is 13.3 Å². The summed E-state index contributed by atoms with van der Waals surface area (Å²) in [4.78, 5) is 3.91. The minimum Gasteiger partial charge on any atom is -0.293 e.